The van der Waals surface area contributed by atoms with E-state index in [0.29, 0.717) is 11.7 Å². The minimum Gasteiger partial charge on any atom is -0.337 e. The van der Waals surface area contributed by atoms with E-state index in [2.05, 4.69) is 33.0 Å². The number of benzene rings is 1. The monoisotopic (exact) mass is 309 g/mol. The van der Waals surface area contributed by atoms with Crippen LogP contribution >= 0.6 is 15.9 Å². The fourth-order valence-corrected chi connectivity index (χ4v) is 2.05. The van der Waals surface area contributed by atoms with Crippen molar-refractivity contribution in [2.75, 3.05) is 0 Å². The maximum atomic E-state index is 5.95. The highest BCUT2D eigenvalue weighted by Crippen LogP contribution is 2.25. The normalized spacial score (nSPS) is 12.7. The lowest BCUT2D eigenvalue weighted by Gasteiger charge is -2.02. The first-order valence-corrected chi connectivity index (χ1v) is 6.76. The summed E-state index contributed by atoms with van der Waals surface area (Å²) in [6, 6.07) is 5.79. The van der Waals surface area contributed by atoms with Crippen LogP contribution in [-0.2, 0) is 0 Å². The molecule has 0 aliphatic carbocycles. The van der Waals surface area contributed by atoms with Gasteiger partial charge in [-0.05, 0) is 25.0 Å². The van der Waals surface area contributed by atoms with Gasteiger partial charge in [-0.25, -0.2) is 0 Å². The third-order valence-corrected chi connectivity index (χ3v) is 3.64. The summed E-state index contributed by atoms with van der Waals surface area (Å²) in [5, 5.41) is 3.97. The number of nitrogens with two attached hydrogens (primary N) is 1. The average molecular weight is 310 g/mol. The molecule has 0 saturated heterocycles. The van der Waals surface area contributed by atoms with E-state index in [1.54, 1.807) is 0 Å². The molecule has 5 heteroatoms. The highest BCUT2D eigenvalue weighted by Gasteiger charge is 2.15. The molecule has 4 nitrogen and oxygen atoms in total. The second-order valence-electron chi connectivity index (χ2n) is 4.32. The van der Waals surface area contributed by atoms with Crippen molar-refractivity contribution in [3.8, 4) is 11.4 Å². The molecule has 2 N–H and O–H groups in total. The number of nitrogens with zero attached hydrogens (tertiary/aromatic N) is 2. The molecular weight excluding hydrogens is 294 g/mol. The van der Waals surface area contributed by atoms with Gasteiger partial charge < -0.3 is 10.3 Å². The minimum absolute atomic E-state index is 0.176. The molecule has 0 fully saturated rings. The molecule has 18 heavy (non-hydrogen) atoms. The lowest BCUT2D eigenvalue weighted by atomic mass is 10.1. The topological polar surface area (TPSA) is 64.9 Å². The van der Waals surface area contributed by atoms with Crippen molar-refractivity contribution in [2.45, 2.75) is 32.7 Å². The molecule has 0 bridgehead atoms. The summed E-state index contributed by atoms with van der Waals surface area (Å²) >= 11 is 3.49. The molecule has 0 saturated carbocycles. The summed E-state index contributed by atoms with van der Waals surface area (Å²) in [5.41, 5.74) is 8.04. The predicted molar refractivity (Wildman–Crippen MR) is 74.0 cm³/mol. The van der Waals surface area contributed by atoms with Crippen LogP contribution in [0.1, 0.15) is 37.3 Å². The van der Waals surface area contributed by atoms with E-state index in [4.69, 9.17) is 10.3 Å². The first kappa shape index (κ1) is 13.2. The molecular formula is C13H16BrN3O. The zero-order valence-electron chi connectivity index (χ0n) is 10.5. The Morgan fingerprint density at radius 3 is 2.89 bits per heavy atom. The Hall–Kier alpha value is -1.20. The van der Waals surface area contributed by atoms with E-state index in [0.717, 1.165) is 22.9 Å². The van der Waals surface area contributed by atoms with Crippen LogP contribution in [0, 0.1) is 6.92 Å². The maximum absolute atomic E-state index is 5.95. The SMILES string of the molecule is CCCC(N)c1nc(-c2ccc(C)c(Br)c2)no1. The van der Waals surface area contributed by atoms with Crippen LogP contribution in [0.25, 0.3) is 11.4 Å². The zero-order chi connectivity index (χ0) is 13.1. The van der Waals surface area contributed by atoms with Crippen molar-refractivity contribution >= 4 is 15.9 Å². The average Bonchev–Trinajstić information content (AvgIpc) is 2.82. The molecule has 1 unspecified atom stereocenters. The summed E-state index contributed by atoms with van der Waals surface area (Å²) < 4.78 is 6.23. The number of aryl methyl sites for hydroxylation is 1. The number of aromatic nitrogens is 2. The molecule has 1 atom stereocenters. The fraction of sp³-hybridized carbons (Fsp3) is 0.385. The molecule has 0 amide bonds. The van der Waals surface area contributed by atoms with Gasteiger partial charge in [0.2, 0.25) is 11.7 Å². The molecule has 0 radical (unpaired) electrons. The van der Waals surface area contributed by atoms with Crippen molar-refractivity contribution in [3.63, 3.8) is 0 Å². The van der Waals surface area contributed by atoms with Crippen molar-refractivity contribution in [2.24, 2.45) is 5.73 Å². The summed E-state index contributed by atoms with van der Waals surface area (Å²) in [4.78, 5) is 4.35. The van der Waals surface area contributed by atoms with Crippen LogP contribution in [0.5, 0.6) is 0 Å². The molecule has 1 aromatic heterocycles. The highest BCUT2D eigenvalue weighted by atomic mass is 79.9. The Bertz CT molecular complexity index is 539. The highest BCUT2D eigenvalue weighted by molar-refractivity contribution is 9.10. The van der Waals surface area contributed by atoms with Gasteiger partial charge in [0.05, 0.1) is 6.04 Å². The summed E-state index contributed by atoms with van der Waals surface area (Å²) in [5.74, 6) is 1.08. The first-order chi connectivity index (χ1) is 8.61. The smallest absolute Gasteiger partial charge is 0.243 e. The number of halogens is 1. The Kier molecular flexibility index (Phi) is 4.14. The Labute approximate surface area is 115 Å². The molecule has 96 valence electrons. The van der Waals surface area contributed by atoms with Crippen molar-refractivity contribution < 1.29 is 4.52 Å². The lowest BCUT2D eigenvalue weighted by molar-refractivity contribution is 0.348. The van der Waals surface area contributed by atoms with E-state index in [1.165, 1.54) is 5.56 Å². The van der Waals surface area contributed by atoms with Gasteiger partial charge in [0.25, 0.3) is 0 Å². The molecule has 2 aromatic rings. The van der Waals surface area contributed by atoms with Gasteiger partial charge in [-0.15, -0.1) is 0 Å². The van der Waals surface area contributed by atoms with E-state index >= 15 is 0 Å². The quantitative estimate of drug-likeness (QED) is 0.937. The third kappa shape index (κ3) is 2.79. The van der Waals surface area contributed by atoms with Crippen molar-refractivity contribution in [1.82, 2.24) is 10.1 Å². The Morgan fingerprint density at radius 2 is 2.22 bits per heavy atom. The van der Waals surface area contributed by atoms with Crippen molar-refractivity contribution in [1.29, 1.82) is 0 Å². The van der Waals surface area contributed by atoms with Gasteiger partial charge in [0, 0.05) is 10.0 Å². The van der Waals surface area contributed by atoms with Crippen LogP contribution in [-0.4, -0.2) is 10.1 Å². The summed E-state index contributed by atoms with van der Waals surface area (Å²) in [6.45, 7) is 4.11. The predicted octanol–water partition coefficient (Wildman–Crippen LogP) is 3.61. The Balaban J connectivity index is 2.26. The Morgan fingerprint density at radius 1 is 1.44 bits per heavy atom. The van der Waals surface area contributed by atoms with Gasteiger partial charge >= 0.3 is 0 Å². The second-order valence-corrected chi connectivity index (χ2v) is 5.17. The molecule has 1 heterocycles. The van der Waals surface area contributed by atoms with Crippen LogP contribution in [0.3, 0.4) is 0 Å². The van der Waals surface area contributed by atoms with Crippen LogP contribution in [0.15, 0.2) is 27.2 Å². The van der Waals surface area contributed by atoms with E-state index in [-0.39, 0.29) is 6.04 Å². The summed E-state index contributed by atoms with van der Waals surface area (Å²) in [7, 11) is 0. The fourth-order valence-electron chi connectivity index (χ4n) is 1.67. The lowest BCUT2D eigenvalue weighted by Crippen LogP contribution is -2.09. The van der Waals surface area contributed by atoms with E-state index in [9.17, 15) is 0 Å². The standard InChI is InChI=1S/C13H16BrN3O/c1-3-4-11(15)13-16-12(17-18-13)9-6-5-8(2)10(14)7-9/h5-7,11H,3-4,15H2,1-2H3. The van der Waals surface area contributed by atoms with Gasteiger partial charge in [0.15, 0.2) is 0 Å². The molecule has 0 aliphatic heterocycles. The largest absolute Gasteiger partial charge is 0.337 e. The number of hydrogen-bond acceptors (Lipinski definition) is 4. The summed E-state index contributed by atoms with van der Waals surface area (Å²) in [6.07, 6.45) is 1.84. The molecule has 1 aromatic carbocycles. The number of rotatable bonds is 4. The molecule has 0 spiro atoms. The molecule has 2 rings (SSSR count). The van der Waals surface area contributed by atoms with Crippen LogP contribution in [0.4, 0.5) is 0 Å². The number of hydrogen-bond donors (Lipinski definition) is 1. The minimum atomic E-state index is -0.176. The van der Waals surface area contributed by atoms with Gasteiger partial charge in [0.1, 0.15) is 0 Å². The first-order valence-electron chi connectivity index (χ1n) is 5.97. The third-order valence-electron chi connectivity index (χ3n) is 2.79. The maximum Gasteiger partial charge on any atom is 0.243 e. The van der Waals surface area contributed by atoms with Gasteiger partial charge in [-0.2, -0.15) is 4.98 Å². The van der Waals surface area contributed by atoms with Crippen LogP contribution < -0.4 is 5.73 Å². The van der Waals surface area contributed by atoms with Crippen molar-refractivity contribution in [3.05, 3.63) is 34.1 Å². The zero-order valence-corrected chi connectivity index (χ0v) is 12.1. The molecule has 0 aliphatic rings. The van der Waals surface area contributed by atoms with E-state index in [1.807, 2.05) is 25.1 Å². The van der Waals surface area contributed by atoms with Crippen LogP contribution in [0.2, 0.25) is 0 Å². The van der Waals surface area contributed by atoms with Gasteiger partial charge in [-0.1, -0.05) is 46.6 Å². The second kappa shape index (κ2) is 5.63. The van der Waals surface area contributed by atoms with Gasteiger partial charge in [-0.3, -0.25) is 0 Å². The van der Waals surface area contributed by atoms with E-state index < -0.39 is 0 Å².